The van der Waals surface area contributed by atoms with Crippen molar-refractivity contribution < 1.29 is 9.94 Å². The van der Waals surface area contributed by atoms with Crippen LogP contribution in [0.25, 0.3) is 0 Å². The molecule has 3 heteroatoms. The van der Waals surface area contributed by atoms with Crippen LogP contribution >= 0.6 is 0 Å². The molecule has 1 aliphatic rings. The third-order valence-electron chi connectivity index (χ3n) is 2.65. The molecular weight excluding hydrogens is 202 g/mol. The molecule has 0 bridgehead atoms. The average molecular weight is 217 g/mol. The lowest BCUT2D eigenvalue weighted by atomic mass is 9.92. The molecule has 3 nitrogen and oxygen atoms in total. The highest BCUT2D eigenvalue weighted by atomic mass is 16.6. The summed E-state index contributed by atoms with van der Waals surface area (Å²) < 4.78 is 0. The van der Waals surface area contributed by atoms with Crippen LogP contribution in [0.3, 0.4) is 0 Å². The van der Waals surface area contributed by atoms with Crippen LogP contribution in [-0.4, -0.2) is 23.5 Å². The van der Waals surface area contributed by atoms with E-state index < -0.39 is 0 Å². The van der Waals surface area contributed by atoms with Gasteiger partial charge in [0.15, 0.2) is 6.10 Å². The number of allylic oxidation sites excluding steroid dienone is 1. The largest absolute Gasteiger partial charge is 0.392 e. The molecule has 1 aromatic rings. The number of rotatable bonds is 3. The number of benzene rings is 1. The van der Waals surface area contributed by atoms with Crippen molar-refractivity contribution in [2.45, 2.75) is 13.0 Å². The topological polar surface area (TPSA) is 41.8 Å². The molecule has 0 unspecified atom stereocenters. The lowest BCUT2D eigenvalue weighted by molar-refractivity contribution is 0.0258. The minimum atomic E-state index is -0.258. The first-order valence-corrected chi connectivity index (χ1v) is 5.39. The highest BCUT2D eigenvalue weighted by Crippen LogP contribution is 2.24. The fourth-order valence-electron chi connectivity index (χ4n) is 1.85. The molecule has 0 saturated heterocycles. The molecular formula is C13H15NO2. The van der Waals surface area contributed by atoms with Gasteiger partial charge in [-0.25, -0.2) is 0 Å². The molecule has 2 rings (SSSR count). The van der Waals surface area contributed by atoms with E-state index in [1.807, 2.05) is 49.4 Å². The van der Waals surface area contributed by atoms with Crippen LogP contribution in [0.15, 0.2) is 47.6 Å². The van der Waals surface area contributed by atoms with Gasteiger partial charge in [-0.05, 0) is 6.92 Å². The number of aliphatic hydroxyl groups is 1. The molecule has 1 heterocycles. The van der Waals surface area contributed by atoms with Crippen molar-refractivity contribution in [3.8, 4) is 0 Å². The van der Waals surface area contributed by atoms with Gasteiger partial charge in [0.1, 0.15) is 0 Å². The van der Waals surface area contributed by atoms with Crippen molar-refractivity contribution in [3.63, 3.8) is 0 Å². The molecule has 1 aliphatic heterocycles. The van der Waals surface area contributed by atoms with E-state index in [0.717, 1.165) is 11.3 Å². The van der Waals surface area contributed by atoms with E-state index in [-0.39, 0.29) is 18.6 Å². The third-order valence-corrected chi connectivity index (χ3v) is 2.65. The van der Waals surface area contributed by atoms with Crippen LogP contribution in [0.1, 0.15) is 12.5 Å². The first-order valence-electron chi connectivity index (χ1n) is 5.39. The Morgan fingerprint density at radius 1 is 1.38 bits per heavy atom. The lowest BCUT2D eigenvalue weighted by Crippen LogP contribution is -2.25. The summed E-state index contributed by atoms with van der Waals surface area (Å²) in [6.45, 7) is 1.93. The molecule has 0 radical (unpaired) electrons. The van der Waals surface area contributed by atoms with E-state index in [2.05, 4.69) is 5.16 Å². The van der Waals surface area contributed by atoms with Crippen molar-refractivity contribution >= 4 is 5.71 Å². The highest BCUT2D eigenvalue weighted by Gasteiger charge is 2.32. The molecule has 0 saturated carbocycles. The van der Waals surface area contributed by atoms with Crippen LogP contribution < -0.4 is 0 Å². The number of hydrogen-bond donors (Lipinski definition) is 1. The Balaban J connectivity index is 2.28. The Bertz CT molecular complexity index is 398. The summed E-state index contributed by atoms with van der Waals surface area (Å²) in [4.78, 5) is 5.22. The smallest absolute Gasteiger partial charge is 0.162 e. The summed E-state index contributed by atoms with van der Waals surface area (Å²) in [6, 6.07) is 9.90. The highest BCUT2D eigenvalue weighted by molar-refractivity contribution is 6.04. The standard InChI is InChI=1S/C13H15NO2/c1-2-6-11-12(9-15)16-14-13(11)10-7-4-3-5-8-10/h2-8,11-12,15H,9H2,1H3/b6-2+/t11-,12-/m1/s1. The van der Waals surface area contributed by atoms with Gasteiger partial charge in [-0.3, -0.25) is 0 Å². The number of oxime groups is 1. The van der Waals surface area contributed by atoms with Crippen molar-refractivity contribution in [3.05, 3.63) is 48.0 Å². The second-order valence-electron chi connectivity index (χ2n) is 3.72. The molecule has 0 aromatic heterocycles. The average Bonchev–Trinajstić information content (AvgIpc) is 2.74. The Morgan fingerprint density at radius 3 is 2.75 bits per heavy atom. The van der Waals surface area contributed by atoms with Crippen molar-refractivity contribution in [1.29, 1.82) is 0 Å². The zero-order chi connectivity index (χ0) is 11.4. The predicted molar refractivity (Wildman–Crippen MR) is 63.2 cm³/mol. The number of aliphatic hydroxyl groups excluding tert-OH is 1. The summed E-state index contributed by atoms with van der Waals surface area (Å²) in [5.41, 5.74) is 1.93. The van der Waals surface area contributed by atoms with Crippen LogP contribution in [0.4, 0.5) is 0 Å². The van der Waals surface area contributed by atoms with Crippen LogP contribution in [0, 0.1) is 5.92 Å². The Labute approximate surface area is 95.0 Å². The predicted octanol–water partition coefficient (Wildman–Crippen LogP) is 1.97. The second-order valence-corrected chi connectivity index (χ2v) is 3.72. The molecule has 0 amide bonds. The molecule has 0 aliphatic carbocycles. The quantitative estimate of drug-likeness (QED) is 0.786. The normalized spacial score (nSPS) is 24.5. The van der Waals surface area contributed by atoms with Gasteiger partial charge in [0.2, 0.25) is 0 Å². The van der Waals surface area contributed by atoms with Gasteiger partial charge in [-0.1, -0.05) is 47.6 Å². The van der Waals surface area contributed by atoms with E-state index in [0.29, 0.717) is 0 Å². The van der Waals surface area contributed by atoms with Crippen molar-refractivity contribution in [2.24, 2.45) is 11.1 Å². The Kier molecular flexibility index (Phi) is 3.37. The lowest BCUT2D eigenvalue weighted by Gasteiger charge is -2.12. The van der Waals surface area contributed by atoms with E-state index in [4.69, 9.17) is 4.84 Å². The first-order chi connectivity index (χ1) is 7.86. The van der Waals surface area contributed by atoms with Gasteiger partial charge >= 0.3 is 0 Å². The monoisotopic (exact) mass is 217 g/mol. The maximum atomic E-state index is 9.20. The summed E-state index contributed by atoms with van der Waals surface area (Å²) in [5, 5.41) is 13.3. The van der Waals surface area contributed by atoms with Gasteiger partial charge in [-0.15, -0.1) is 0 Å². The molecule has 0 fully saturated rings. The Morgan fingerprint density at radius 2 is 2.12 bits per heavy atom. The summed E-state index contributed by atoms with van der Waals surface area (Å²) >= 11 is 0. The fourth-order valence-corrected chi connectivity index (χ4v) is 1.85. The number of nitrogens with zero attached hydrogens (tertiary/aromatic N) is 1. The maximum Gasteiger partial charge on any atom is 0.162 e. The summed E-state index contributed by atoms with van der Waals surface area (Å²) in [5.74, 6) is 0.0393. The summed E-state index contributed by atoms with van der Waals surface area (Å²) in [6.07, 6.45) is 3.71. The summed E-state index contributed by atoms with van der Waals surface area (Å²) in [7, 11) is 0. The molecule has 1 aromatic carbocycles. The third kappa shape index (κ3) is 1.99. The van der Waals surface area contributed by atoms with Gasteiger partial charge in [0.05, 0.1) is 18.2 Å². The minimum absolute atomic E-state index is 0.0190. The van der Waals surface area contributed by atoms with Crippen LogP contribution in [0.2, 0.25) is 0 Å². The Hall–Kier alpha value is -1.61. The van der Waals surface area contributed by atoms with Crippen molar-refractivity contribution in [1.82, 2.24) is 0 Å². The molecule has 0 spiro atoms. The first kappa shape index (κ1) is 10.9. The van der Waals surface area contributed by atoms with E-state index in [9.17, 15) is 5.11 Å². The van der Waals surface area contributed by atoms with Crippen molar-refractivity contribution in [2.75, 3.05) is 6.61 Å². The second kappa shape index (κ2) is 4.94. The van der Waals surface area contributed by atoms with E-state index in [1.165, 1.54) is 0 Å². The van der Waals surface area contributed by atoms with Gasteiger partial charge in [-0.2, -0.15) is 0 Å². The van der Waals surface area contributed by atoms with Gasteiger partial charge in [0.25, 0.3) is 0 Å². The zero-order valence-electron chi connectivity index (χ0n) is 9.21. The van der Waals surface area contributed by atoms with E-state index >= 15 is 0 Å². The molecule has 1 N–H and O–H groups in total. The molecule has 84 valence electrons. The van der Waals surface area contributed by atoms with Gasteiger partial charge in [0, 0.05) is 5.56 Å². The fraction of sp³-hybridized carbons (Fsp3) is 0.308. The maximum absolute atomic E-state index is 9.20. The van der Waals surface area contributed by atoms with E-state index in [1.54, 1.807) is 0 Å². The number of hydrogen-bond acceptors (Lipinski definition) is 3. The zero-order valence-corrected chi connectivity index (χ0v) is 9.21. The minimum Gasteiger partial charge on any atom is -0.392 e. The van der Waals surface area contributed by atoms with Crippen LogP contribution in [0.5, 0.6) is 0 Å². The molecule has 16 heavy (non-hydrogen) atoms. The van der Waals surface area contributed by atoms with Crippen LogP contribution in [-0.2, 0) is 4.84 Å². The SMILES string of the molecule is C/C=C/[C@H]1C(c2ccccc2)=NO[C@@H]1CO. The van der Waals surface area contributed by atoms with Gasteiger partial charge < -0.3 is 9.94 Å². The molecule has 2 atom stereocenters.